The molecule has 6 nitrogen and oxygen atoms in total. The van der Waals surface area contributed by atoms with E-state index in [-0.39, 0.29) is 10.6 Å². The second-order valence-corrected chi connectivity index (χ2v) is 6.18. The van der Waals surface area contributed by atoms with E-state index >= 15 is 0 Å². The first-order valence-corrected chi connectivity index (χ1v) is 7.80. The van der Waals surface area contributed by atoms with Crippen molar-refractivity contribution in [3.05, 3.63) is 21.6 Å². The summed E-state index contributed by atoms with van der Waals surface area (Å²) in [6, 6.07) is 0. The van der Waals surface area contributed by atoms with Gasteiger partial charge in [0, 0.05) is 13.1 Å². The molecule has 2 heterocycles. The zero-order valence-corrected chi connectivity index (χ0v) is 13.5. The first-order valence-electron chi connectivity index (χ1n) is 7.43. The van der Waals surface area contributed by atoms with Gasteiger partial charge >= 0.3 is 0 Å². The van der Waals surface area contributed by atoms with Gasteiger partial charge in [-0.2, -0.15) is 5.10 Å². The van der Waals surface area contributed by atoms with Gasteiger partial charge in [0.2, 0.25) is 0 Å². The highest BCUT2D eigenvalue weighted by Crippen LogP contribution is 2.17. The maximum absolute atomic E-state index is 12.2. The Labute approximate surface area is 130 Å². The van der Waals surface area contributed by atoms with Gasteiger partial charge in [-0.25, -0.2) is 4.68 Å². The topological polar surface area (TPSA) is 62.2 Å². The molecule has 0 aromatic carbocycles. The molecule has 0 aliphatic carbocycles. The highest BCUT2D eigenvalue weighted by molar-refractivity contribution is 6.32. The SMILES string of the molecule is CN(C)CCn1ncc(NCC2CCCNC2)c(Cl)c1=O. The molecule has 2 rings (SSSR count). The summed E-state index contributed by atoms with van der Waals surface area (Å²) in [4.78, 5) is 14.2. The van der Waals surface area contributed by atoms with Crippen LogP contribution in [-0.2, 0) is 6.54 Å². The van der Waals surface area contributed by atoms with Gasteiger partial charge in [-0.15, -0.1) is 0 Å². The molecule has 1 aliphatic heterocycles. The van der Waals surface area contributed by atoms with Gasteiger partial charge in [0.15, 0.2) is 0 Å². The van der Waals surface area contributed by atoms with Crippen LogP contribution in [0.2, 0.25) is 5.02 Å². The average molecular weight is 314 g/mol. The fourth-order valence-corrected chi connectivity index (χ4v) is 2.61. The van der Waals surface area contributed by atoms with Gasteiger partial charge in [0.05, 0.1) is 18.4 Å². The smallest absolute Gasteiger partial charge is 0.287 e. The Hall–Kier alpha value is -1.11. The van der Waals surface area contributed by atoms with E-state index in [0.717, 1.165) is 26.2 Å². The molecule has 2 N–H and O–H groups in total. The van der Waals surface area contributed by atoms with E-state index in [9.17, 15) is 4.79 Å². The zero-order chi connectivity index (χ0) is 15.2. The predicted molar refractivity (Wildman–Crippen MR) is 86.1 cm³/mol. The van der Waals surface area contributed by atoms with Crippen LogP contribution in [0.3, 0.4) is 0 Å². The summed E-state index contributed by atoms with van der Waals surface area (Å²) in [5.74, 6) is 0.575. The minimum atomic E-state index is -0.231. The Kier molecular flexibility index (Phi) is 6.02. The van der Waals surface area contributed by atoms with Crippen molar-refractivity contribution < 1.29 is 0 Å². The van der Waals surface area contributed by atoms with E-state index in [1.54, 1.807) is 6.20 Å². The summed E-state index contributed by atoms with van der Waals surface area (Å²) in [6.07, 6.45) is 4.05. The van der Waals surface area contributed by atoms with Crippen molar-refractivity contribution in [3.63, 3.8) is 0 Å². The van der Waals surface area contributed by atoms with Gasteiger partial charge < -0.3 is 15.5 Å². The van der Waals surface area contributed by atoms with Crippen molar-refractivity contribution in [2.45, 2.75) is 19.4 Å². The molecule has 1 atom stereocenters. The van der Waals surface area contributed by atoms with E-state index in [0.29, 0.717) is 18.2 Å². The third-order valence-electron chi connectivity index (χ3n) is 3.72. The Morgan fingerprint density at radius 3 is 3.05 bits per heavy atom. The van der Waals surface area contributed by atoms with Crippen LogP contribution in [0, 0.1) is 5.92 Å². The van der Waals surface area contributed by atoms with Gasteiger partial charge in [-0.3, -0.25) is 4.79 Å². The standard InChI is InChI=1S/C14H24ClN5O/c1-19(2)6-7-20-14(21)13(15)12(10-18-20)17-9-11-4-3-5-16-8-11/h10-11,16-17H,3-9H2,1-2H3. The van der Waals surface area contributed by atoms with E-state index < -0.39 is 0 Å². The summed E-state index contributed by atoms with van der Waals surface area (Å²) >= 11 is 6.17. The first kappa shape index (κ1) is 16.3. The number of nitrogens with one attached hydrogen (secondary N) is 2. The molecule has 0 amide bonds. The van der Waals surface area contributed by atoms with Crippen LogP contribution in [0.5, 0.6) is 0 Å². The van der Waals surface area contributed by atoms with Crippen LogP contribution in [0.4, 0.5) is 5.69 Å². The third-order valence-corrected chi connectivity index (χ3v) is 4.09. The molecule has 1 saturated heterocycles. The van der Waals surface area contributed by atoms with Crippen LogP contribution < -0.4 is 16.2 Å². The zero-order valence-electron chi connectivity index (χ0n) is 12.7. The second-order valence-electron chi connectivity index (χ2n) is 5.80. The molecule has 0 bridgehead atoms. The number of rotatable bonds is 6. The van der Waals surface area contributed by atoms with E-state index in [2.05, 4.69) is 15.7 Å². The maximum Gasteiger partial charge on any atom is 0.287 e. The Morgan fingerprint density at radius 2 is 2.38 bits per heavy atom. The summed E-state index contributed by atoms with van der Waals surface area (Å²) in [5.41, 5.74) is 0.402. The molecular formula is C14H24ClN5O. The fourth-order valence-electron chi connectivity index (χ4n) is 2.39. The molecule has 1 aliphatic rings. The van der Waals surface area contributed by atoms with Crippen molar-refractivity contribution >= 4 is 17.3 Å². The number of anilines is 1. The fraction of sp³-hybridized carbons (Fsp3) is 0.714. The normalized spacial score (nSPS) is 19.0. The third kappa shape index (κ3) is 4.69. The summed E-state index contributed by atoms with van der Waals surface area (Å²) < 4.78 is 1.41. The lowest BCUT2D eigenvalue weighted by molar-refractivity contribution is 0.367. The molecule has 1 aromatic heterocycles. The van der Waals surface area contributed by atoms with E-state index in [1.807, 2.05) is 19.0 Å². The van der Waals surface area contributed by atoms with Gasteiger partial charge in [0.1, 0.15) is 5.02 Å². The summed E-state index contributed by atoms with van der Waals surface area (Å²) in [5, 5.41) is 11.1. The van der Waals surface area contributed by atoms with Gasteiger partial charge in [-0.05, 0) is 45.9 Å². The second kappa shape index (κ2) is 7.77. The van der Waals surface area contributed by atoms with E-state index in [1.165, 1.54) is 17.5 Å². The molecule has 0 spiro atoms. The van der Waals surface area contributed by atoms with Crippen LogP contribution in [-0.4, -0.2) is 55.0 Å². The van der Waals surface area contributed by atoms with Crippen LogP contribution in [0.1, 0.15) is 12.8 Å². The minimum absolute atomic E-state index is 0.229. The van der Waals surface area contributed by atoms with Crippen molar-refractivity contribution in [3.8, 4) is 0 Å². The van der Waals surface area contributed by atoms with Crippen molar-refractivity contribution in [2.75, 3.05) is 45.6 Å². The minimum Gasteiger partial charge on any atom is -0.382 e. The average Bonchev–Trinajstić information content (AvgIpc) is 2.48. The molecule has 1 unspecified atom stereocenters. The molecule has 118 valence electrons. The summed E-state index contributed by atoms with van der Waals surface area (Å²) in [6.45, 7) is 4.22. The number of hydrogen-bond acceptors (Lipinski definition) is 5. The van der Waals surface area contributed by atoms with Crippen LogP contribution >= 0.6 is 11.6 Å². The predicted octanol–water partition coefficient (Wildman–Crippen LogP) is 0.870. The quantitative estimate of drug-likeness (QED) is 0.816. The highest BCUT2D eigenvalue weighted by atomic mass is 35.5. The van der Waals surface area contributed by atoms with Gasteiger partial charge in [0.25, 0.3) is 5.56 Å². The summed E-state index contributed by atoms with van der Waals surface area (Å²) in [7, 11) is 3.92. The number of piperidine rings is 1. The van der Waals surface area contributed by atoms with Gasteiger partial charge in [-0.1, -0.05) is 11.6 Å². The van der Waals surface area contributed by atoms with Crippen LogP contribution in [0.25, 0.3) is 0 Å². The Balaban J connectivity index is 1.97. The number of hydrogen-bond donors (Lipinski definition) is 2. The molecule has 0 radical (unpaired) electrons. The monoisotopic (exact) mass is 313 g/mol. The Bertz CT molecular complexity index is 511. The van der Waals surface area contributed by atoms with Crippen molar-refractivity contribution in [1.29, 1.82) is 0 Å². The molecule has 0 saturated carbocycles. The number of likely N-dealkylation sites (N-methyl/N-ethyl adjacent to an activating group) is 1. The first-order chi connectivity index (χ1) is 10.1. The number of halogens is 1. The van der Waals surface area contributed by atoms with Crippen molar-refractivity contribution in [2.24, 2.45) is 5.92 Å². The lowest BCUT2D eigenvalue weighted by atomic mass is 10.00. The molecule has 21 heavy (non-hydrogen) atoms. The van der Waals surface area contributed by atoms with Crippen LogP contribution in [0.15, 0.2) is 11.0 Å². The number of aromatic nitrogens is 2. The lowest BCUT2D eigenvalue weighted by Gasteiger charge is -2.23. The maximum atomic E-state index is 12.2. The molecular weight excluding hydrogens is 290 g/mol. The molecule has 7 heteroatoms. The van der Waals surface area contributed by atoms with Crippen molar-refractivity contribution in [1.82, 2.24) is 20.0 Å². The number of nitrogens with zero attached hydrogens (tertiary/aromatic N) is 3. The largest absolute Gasteiger partial charge is 0.382 e. The molecule has 1 fully saturated rings. The Morgan fingerprint density at radius 1 is 1.57 bits per heavy atom. The lowest BCUT2D eigenvalue weighted by Crippen LogP contribution is -2.34. The highest BCUT2D eigenvalue weighted by Gasteiger charge is 2.14. The molecule has 1 aromatic rings. The van der Waals surface area contributed by atoms with E-state index in [4.69, 9.17) is 11.6 Å².